The topological polar surface area (TPSA) is 29.5 Å². The highest BCUT2D eigenvalue weighted by atomic mass is 35.5. The van der Waals surface area contributed by atoms with Gasteiger partial charge in [-0.2, -0.15) is 0 Å². The second-order valence-electron chi connectivity index (χ2n) is 5.51. The highest BCUT2D eigenvalue weighted by molar-refractivity contribution is 8.13. The van der Waals surface area contributed by atoms with Crippen molar-refractivity contribution in [1.82, 2.24) is 0 Å². The summed E-state index contributed by atoms with van der Waals surface area (Å²) in [6.45, 7) is 4.47. The Bertz CT molecular complexity index is 733. The van der Waals surface area contributed by atoms with Gasteiger partial charge in [-0.15, -0.1) is 0 Å². The first-order valence-corrected chi connectivity index (χ1v) is 9.39. The lowest BCUT2D eigenvalue weighted by atomic mass is 10.1. The fourth-order valence-electron chi connectivity index (χ4n) is 2.48. The molecule has 5 heteroatoms. The van der Waals surface area contributed by atoms with Gasteiger partial charge in [-0.05, 0) is 48.9 Å². The van der Waals surface area contributed by atoms with E-state index in [1.54, 1.807) is 18.2 Å². The summed E-state index contributed by atoms with van der Waals surface area (Å²) in [6, 6.07) is 11.7. The second kappa shape index (κ2) is 8.45. The molecule has 0 bridgehead atoms. The Morgan fingerprint density at radius 2 is 2.04 bits per heavy atom. The van der Waals surface area contributed by atoms with Gasteiger partial charge in [-0.3, -0.25) is 4.79 Å². The average molecular weight is 364 g/mol. The number of amides is 1. The molecule has 24 heavy (non-hydrogen) atoms. The minimum atomic E-state index is -0.0398. The summed E-state index contributed by atoms with van der Waals surface area (Å²) in [5, 5.41) is 0.554. The van der Waals surface area contributed by atoms with Crippen LogP contribution < -0.4 is 9.64 Å². The van der Waals surface area contributed by atoms with E-state index in [0.717, 1.165) is 29.0 Å². The van der Waals surface area contributed by atoms with Crippen molar-refractivity contribution in [3.05, 3.63) is 58.1 Å². The number of thioether (sulfide) groups is 1. The Labute approximate surface area is 153 Å². The summed E-state index contributed by atoms with van der Waals surface area (Å²) in [4.78, 5) is 13.6. The summed E-state index contributed by atoms with van der Waals surface area (Å²) in [5.41, 5.74) is 3.95. The predicted octanol–water partition coefficient (Wildman–Crippen LogP) is 5.71. The predicted molar refractivity (Wildman–Crippen MR) is 104 cm³/mol. The molecule has 0 saturated carbocycles. The molecule has 2 aromatic rings. The Morgan fingerprint density at radius 1 is 1.29 bits per heavy atom. The number of aryl methyl sites for hydroxylation is 2. The third kappa shape index (κ3) is 4.25. The molecular weight excluding hydrogens is 342 g/mol. The van der Waals surface area contributed by atoms with E-state index in [2.05, 4.69) is 19.1 Å². The Hall–Kier alpha value is -1.65. The Morgan fingerprint density at radius 3 is 2.67 bits per heavy atom. The first-order valence-electron chi connectivity index (χ1n) is 7.79. The van der Waals surface area contributed by atoms with Crippen LogP contribution in [0.25, 0.3) is 0 Å². The standard InChI is InChI=1S/C19H22ClNO2S/c1-5-14-9-10-18(13(2)11-14)23-12-15-16(20)7-6-8-17(15)21(3)19(22)24-4/h6-11H,5,12H2,1-4H3. The maximum Gasteiger partial charge on any atom is 0.285 e. The van der Waals surface area contributed by atoms with E-state index < -0.39 is 0 Å². The lowest BCUT2D eigenvalue weighted by Crippen LogP contribution is -2.23. The molecule has 0 aromatic heterocycles. The van der Waals surface area contributed by atoms with Gasteiger partial charge in [0.15, 0.2) is 0 Å². The highest BCUT2D eigenvalue weighted by Gasteiger charge is 2.16. The fraction of sp³-hybridized carbons (Fsp3) is 0.316. The number of hydrogen-bond acceptors (Lipinski definition) is 3. The molecule has 3 nitrogen and oxygen atoms in total. The number of ether oxygens (including phenoxy) is 1. The quantitative estimate of drug-likeness (QED) is 0.681. The summed E-state index contributed by atoms with van der Waals surface area (Å²) >= 11 is 7.52. The largest absolute Gasteiger partial charge is 0.488 e. The van der Waals surface area contributed by atoms with Gasteiger partial charge >= 0.3 is 0 Å². The fourth-order valence-corrected chi connectivity index (χ4v) is 3.08. The molecule has 128 valence electrons. The third-order valence-corrected chi connectivity index (χ3v) is 4.90. The maximum atomic E-state index is 12.0. The van der Waals surface area contributed by atoms with Crippen LogP contribution in [0.5, 0.6) is 5.75 Å². The first-order chi connectivity index (χ1) is 11.5. The smallest absolute Gasteiger partial charge is 0.285 e. The monoisotopic (exact) mass is 363 g/mol. The molecule has 2 aromatic carbocycles. The van der Waals surface area contributed by atoms with Gasteiger partial charge in [0.2, 0.25) is 0 Å². The minimum Gasteiger partial charge on any atom is -0.488 e. The van der Waals surface area contributed by atoms with Crippen LogP contribution in [0.2, 0.25) is 5.02 Å². The number of carbonyl (C=O) groups is 1. The molecule has 0 spiro atoms. The zero-order valence-electron chi connectivity index (χ0n) is 14.4. The molecule has 0 atom stereocenters. The zero-order chi connectivity index (χ0) is 17.7. The van der Waals surface area contributed by atoms with Gasteiger partial charge in [-0.25, -0.2) is 0 Å². The molecule has 0 aliphatic carbocycles. The van der Waals surface area contributed by atoms with Crippen LogP contribution in [0.3, 0.4) is 0 Å². The second-order valence-corrected chi connectivity index (χ2v) is 6.67. The molecule has 0 radical (unpaired) electrons. The lowest BCUT2D eigenvalue weighted by molar-refractivity contribution is 0.266. The van der Waals surface area contributed by atoms with Gasteiger partial charge in [0.25, 0.3) is 5.24 Å². The van der Waals surface area contributed by atoms with Crippen LogP contribution >= 0.6 is 23.4 Å². The van der Waals surface area contributed by atoms with Crippen molar-refractivity contribution < 1.29 is 9.53 Å². The molecular formula is C19H22ClNO2S. The molecule has 0 aliphatic rings. The number of halogens is 1. The van der Waals surface area contributed by atoms with Crippen molar-refractivity contribution in [2.75, 3.05) is 18.2 Å². The first kappa shape index (κ1) is 18.7. The summed E-state index contributed by atoms with van der Waals surface area (Å²) in [5.74, 6) is 0.830. The van der Waals surface area contributed by atoms with Crippen molar-refractivity contribution in [2.45, 2.75) is 26.9 Å². The van der Waals surface area contributed by atoms with Crippen molar-refractivity contribution in [2.24, 2.45) is 0 Å². The van der Waals surface area contributed by atoms with E-state index >= 15 is 0 Å². The number of nitrogens with zero attached hydrogens (tertiary/aromatic N) is 1. The minimum absolute atomic E-state index is 0.0398. The summed E-state index contributed by atoms with van der Waals surface area (Å²) in [6.07, 6.45) is 2.76. The van der Waals surface area contributed by atoms with E-state index in [0.29, 0.717) is 11.6 Å². The molecule has 1 amide bonds. The van der Waals surface area contributed by atoms with Crippen molar-refractivity contribution in [1.29, 1.82) is 0 Å². The average Bonchev–Trinajstić information content (AvgIpc) is 2.59. The number of rotatable bonds is 5. The molecule has 2 rings (SSSR count). The van der Waals surface area contributed by atoms with Crippen LogP contribution in [-0.2, 0) is 13.0 Å². The van der Waals surface area contributed by atoms with E-state index in [1.807, 2.05) is 31.2 Å². The van der Waals surface area contributed by atoms with E-state index in [-0.39, 0.29) is 5.24 Å². The zero-order valence-corrected chi connectivity index (χ0v) is 16.0. The Balaban J connectivity index is 2.25. The molecule has 0 saturated heterocycles. The van der Waals surface area contributed by atoms with Crippen LogP contribution in [0, 0.1) is 6.92 Å². The molecule has 0 aliphatic heterocycles. The van der Waals surface area contributed by atoms with Crippen molar-refractivity contribution in [3.63, 3.8) is 0 Å². The number of anilines is 1. The van der Waals surface area contributed by atoms with Crippen molar-refractivity contribution >= 4 is 34.3 Å². The van der Waals surface area contributed by atoms with Gasteiger partial charge in [0.1, 0.15) is 12.4 Å². The molecule has 0 heterocycles. The highest BCUT2D eigenvalue weighted by Crippen LogP contribution is 2.30. The van der Waals surface area contributed by atoms with Crippen LogP contribution in [-0.4, -0.2) is 18.5 Å². The van der Waals surface area contributed by atoms with Crippen molar-refractivity contribution in [3.8, 4) is 5.75 Å². The van der Waals surface area contributed by atoms with Crippen LogP contribution in [0.1, 0.15) is 23.6 Å². The van der Waals surface area contributed by atoms with E-state index in [4.69, 9.17) is 16.3 Å². The van der Waals surface area contributed by atoms with Gasteiger partial charge in [-0.1, -0.05) is 48.5 Å². The molecule has 0 N–H and O–H groups in total. The van der Waals surface area contributed by atoms with E-state index in [1.165, 1.54) is 17.3 Å². The number of benzene rings is 2. The molecule has 0 unspecified atom stereocenters. The van der Waals surface area contributed by atoms with Gasteiger partial charge < -0.3 is 9.64 Å². The summed E-state index contributed by atoms with van der Waals surface area (Å²) in [7, 11) is 1.75. The van der Waals surface area contributed by atoms with Gasteiger partial charge in [0, 0.05) is 17.6 Å². The SMILES string of the molecule is CCc1ccc(OCc2c(Cl)cccc2N(C)C(=O)SC)c(C)c1. The normalized spacial score (nSPS) is 10.5. The summed E-state index contributed by atoms with van der Waals surface area (Å²) < 4.78 is 5.98. The van der Waals surface area contributed by atoms with Crippen LogP contribution in [0.4, 0.5) is 10.5 Å². The van der Waals surface area contributed by atoms with Crippen LogP contribution in [0.15, 0.2) is 36.4 Å². The lowest BCUT2D eigenvalue weighted by Gasteiger charge is -2.21. The van der Waals surface area contributed by atoms with Gasteiger partial charge in [0.05, 0.1) is 5.69 Å². The number of carbonyl (C=O) groups excluding carboxylic acids is 1. The Kier molecular flexibility index (Phi) is 6.58. The van der Waals surface area contributed by atoms with E-state index in [9.17, 15) is 4.79 Å². The maximum absolute atomic E-state index is 12.0. The third-order valence-electron chi connectivity index (χ3n) is 3.92. The number of hydrogen-bond donors (Lipinski definition) is 0. The molecule has 0 fully saturated rings.